The third-order valence-electron chi connectivity index (χ3n) is 2.30. The molecule has 52 valence electrons. The molecule has 0 radical (unpaired) electrons. The predicted molar refractivity (Wildman–Crippen MR) is 40.9 cm³/mol. The van der Waals surface area contributed by atoms with Crippen molar-refractivity contribution in [2.75, 3.05) is 26.2 Å². The zero-order chi connectivity index (χ0) is 6.10. The maximum absolute atomic E-state index is 2.69. The van der Waals surface area contributed by atoms with E-state index in [1.54, 1.807) is 0 Å². The summed E-state index contributed by atoms with van der Waals surface area (Å²) in [6.07, 6.45) is 2.85. The summed E-state index contributed by atoms with van der Waals surface area (Å²) in [5.74, 6) is 0. The molecule has 0 aromatic heterocycles. The highest BCUT2D eigenvalue weighted by Crippen LogP contribution is 2.09. The normalized spacial score (nSPS) is 45.3. The molecule has 0 atom stereocenters. The topological polar surface area (TPSA) is 6.48 Å². The van der Waals surface area contributed by atoms with E-state index in [4.69, 9.17) is 0 Å². The molecule has 2 nitrogen and oxygen atoms in total. The summed E-state index contributed by atoms with van der Waals surface area (Å²) in [6, 6.07) is 0. The van der Waals surface area contributed by atoms with Gasteiger partial charge in [0.05, 0.1) is 0 Å². The minimum atomic E-state index is 0.100. The highest BCUT2D eigenvalue weighted by atomic mass is 28.2. The first-order valence-electron chi connectivity index (χ1n) is 3.90. The Kier molecular flexibility index (Phi) is 1.57. The molecule has 0 amide bonds. The molecule has 3 heteroatoms. The highest BCUT2D eigenvalue weighted by Gasteiger charge is 2.20. The zero-order valence-corrected chi connectivity index (χ0v) is 7.26. The third kappa shape index (κ3) is 1.18. The van der Waals surface area contributed by atoms with E-state index in [-0.39, 0.29) is 9.84 Å². The third-order valence-corrected chi connectivity index (χ3v) is 4.36. The maximum atomic E-state index is 2.69. The first-order chi connectivity index (χ1) is 4.45. The molecule has 0 aromatic carbocycles. The van der Waals surface area contributed by atoms with Gasteiger partial charge in [0.1, 0.15) is 0 Å². The molecule has 2 rings (SSSR count). The van der Waals surface area contributed by atoms with Gasteiger partial charge in [-0.25, -0.2) is 0 Å². The molecule has 2 aliphatic heterocycles. The van der Waals surface area contributed by atoms with Gasteiger partial charge < -0.3 is 9.13 Å². The Hall–Kier alpha value is 0.137. The van der Waals surface area contributed by atoms with E-state index in [0.717, 1.165) is 0 Å². The Morgan fingerprint density at radius 1 is 0.778 bits per heavy atom. The van der Waals surface area contributed by atoms with E-state index in [9.17, 15) is 0 Å². The average Bonchev–Trinajstić information content (AvgIpc) is 1.88. The van der Waals surface area contributed by atoms with Crippen molar-refractivity contribution in [1.29, 1.82) is 0 Å². The summed E-state index contributed by atoms with van der Waals surface area (Å²) in [4.78, 5) is 0. The molecule has 2 fully saturated rings. The fraction of sp³-hybridized carbons (Fsp3) is 1.00. The van der Waals surface area contributed by atoms with Crippen LogP contribution in [0.25, 0.3) is 0 Å². The predicted octanol–water partition coefficient (Wildman–Crippen LogP) is -0.603. The van der Waals surface area contributed by atoms with Crippen molar-refractivity contribution in [3.63, 3.8) is 0 Å². The van der Waals surface area contributed by atoms with Crippen LogP contribution in [-0.2, 0) is 0 Å². The van der Waals surface area contributed by atoms with Crippen molar-refractivity contribution in [3.8, 4) is 0 Å². The second-order valence-corrected chi connectivity index (χ2v) is 5.16. The molecule has 2 heterocycles. The van der Waals surface area contributed by atoms with Crippen molar-refractivity contribution >= 4 is 9.84 Å². The summed E-state index contributed by atoms with van der Waals surface area (Å²) in [5, 5.41) is 0. The van der Waals surface area contributed by atoms with Gasteiger partial charge in [-0.05, 0) is 39.0 Å². The summed E-state index contributed by atoms with van der Waals surface area (Å²) < 4.78 is 5.38. The van der Waals surface area contributed by atoms with Gasteiger partial charge in [0.15, 0.2) is 9.84 Å². The van der Waals surface area contributed by atoms with E-state index in [2.05, 4.69) is 9.13 Å². The lowest BCUT2D eigenvalue weighted by Crippen LogP contribution is -2.52. The van der Waals surface area contributed by atoms with Gasteiger partial charge in [0, 0.05) is 0 Å². The Labute approximate surface area is 58.8 Å². The average molecular weight is 142 g/mol. The second kappa shape index (κ2) is 2.40. The van der Waals surface area contributed by atoms with Crippen LogP contribution in [0.2, 0.25) is 0 Å². The minimum Gasteiger partial charge on any atom is -0.316 e. The van der Waals surface area contributed by atoms with Gasteiger partial charge >= 0.3 is 0 Å². The summed E-state index contributed by atoms with van der Waals surface area (Å²) in [6.45, 7) is 5.62. The van der Waals surface area contributed by atoms with Crippen LogP contribution >= 0.6 is 0 Å². The van der Waals surface area contributed by atoms with Crippen LogP contribution in [0.4, 0.5) is 0 Å². The molecular formula is C6H14N2Si. The number of hydrogen-bond acceptors (Lipinski definition) is 2. The van der Waals surface area contributed by atoms with Crippen molar-refractivity contribution < 1.29 is 0 Å². The van der Waals surface area contributed by atoms with E-state index < -0.39 is 0 Å². The lowest BCUT2D eigenvalue weighted by molar-refractivity contribution is 0.245. The Balaban J connectivity index is 1.96. The maximum Gasteiger partial charge on any atom is 0.173 e. The lowest BCUT2D eigenvalue weighted by Gasteiger charge is -2.39. The fourth-order valence-corrected chi connectivity index (χ4v) is 3.85. The van der Waals surface area contributed by atoms with Crippen molar-refractivity contribution in [1.82, 2.24) is 9.13 Å². The highest BCUT2D eigenvalue weighted by molar-refractivity contribution is 6.28. The van der Waals surface area contributed by atoms with Crippen LogP contribution in [0.1, 0.15) is 12.8 Å². The Bertz CT molecular complexity index is 87.2. The van der Waals surface area contributed by atoms with Gasteiger partial charge in [0.2, 0.25) is 0 Å². The van der Waals surface area contributed by atoms with E-state index >= 15 is 0 Å². The van der Waals surface area contributed by atoms with Gasteiger partial charge in [-0.2, -0.15) is 0 Å². The summed E-state index contributed by atoms with van der Waals surface area (Å²) in [5.41, 5.74) is 0. The van der Waals surface area contributed by atoms with Crippen LogP contribution in [-0.4, -0.2) is 45.2 Å². The molecule has 9 heavy (non-hydrogen) atoms. The van der Waals surface area contributed by atoms with E-state index in [0.29, 0.717) is 0 Å². The van der Waals surface area contributed by atoms with Crippen molar-refractivity contribution in [2.24, 2.45) is 0 Å². The molecule has 0 spiro atoms. The monoisotopic (exact) mass is 142 g/mol. The summed E-state index contributed by atoms with van der Waals surface area (Å²) >= 11 is 0. The molecular weight excluding hydrogens is 128 g/mol. The molecule has 0 aliphatic carbocycles. The van der Waals surface area contributed by atoms with Crippen LogP contribution in [0, 0.1) is 0 Å². The smallest absolute Gasteiger partial charge is 0.173 e. The SMILES string of the molecule is C1CN2CCCN(C1)[SiH2]2. The minimum absolute atomic E-state index is 0.100. The van der Waals surface area contributed by atoms with Crippen LogP contribution in [0.15, 0.2) is 0 Å². The first-order valence-corrected chi connectivity index (χ1v) is 5.16. The number of hydrogen-bond donors (Lipinski definition) is 0. The van der Waals surface area contributed by atoms with Gasteiger partial charge in [-0.1, -0.05) is 0 Å². The fourth-order valence-electron chi connectivity index (χ4n) is 1.83. The number of rotatable bonds is 0. The number of nitrogens with zero attached hydrogens (tertiary/aromatic N) is 2. The Morgan fingerprint density at radius 3 is 1.56 bits per heavy atom. The second-order valence-electron chi connectivity index (χ2n) is 3.08. The molecule has 0 aromatic rings. The first kappa shape index (κ1) is 5.89. The number of fused-ring (bicyclic) bond motifs is 2. The standard InChI is InChI=1S/C6H14N2Si/c1-3-7-5-2-6-8(4-1)9-7/h1-6,9H2. The van der Waals surface area contributed by atoms with Gasteiger partial charge in [0.25, 0.3) is 0 Å². The van der Waals surface area contributed by atoms with Crippen LogP contribution in [0.3, 0.4) is 0 Å². The largest absolute Gasteiger partial charge is 0.316 e. The molecule has 2 bridgehead atoms. The Morgan fingerprint density at radius 2 is 1.22 bits per heavy atom. The van der Waals surface area contributed by atoms with E-state index in [1.165, 1.54) is 39.0 Å². The van der Waals surface area contributed by atoms with E-state index in [1.807, 2.05) is 0 Å². The lowest BCUT2D eigenvalue weighted by atomic mass is 10.3. The molecule has 0 saturated carbocycles. The molecule has 2 aliphatic rings. The van der Waals surface area contributed by atoms with Gasteiger partial charge in [-0.15, -0.1) is 0 Å². The van der Waals surface area contributed by atoms with Crippen molar-refractivity contribution in [3.05, 3.63) is 0 Å². The van der Waals surface area contributed by atoms with Gasteiger partial charge in [-0.3, -0.25) is 0 Å². The molecule has 0 N–H and O–H groups in total. The molecule has 2 saturated heterocycles. The van der Waals surface area contributed by atoms with Crippen molar-refractivity contribution in [2.45, 2.75) is 12.8 Å². The van der Waals surface area contributed by atoms with Crippen LogP contribution in [0.5, 0.6) is 0 Å². The van der Waals surface area contributed by atoms with Crippen LogP contribution < -0.4 is 0 Å². The quantitative estimate of drug-likeness (QED) is 0.417. The summed E-state index contributed by atoms with van der Waals surface area (Å²) in [7, 11) is 0.100. The zero-order valence-electron chi connectivity index (χ0n) is 5.84. The molecule has 0 unspecified atom stereocenters.